The summed E-state index contributed by atoms with van der Waals surface area (Å²) < 4.78 is 0. The molecule has 7 heteroatoms. The fourth-order valence-electron chi connectivity index (χ4n) is 3.51. The minimum atomic E-state index is 0. The summed E-state index contributed by atoms with van der Waals surface area (Å²) in [5.41, 5.74) is 0. The maximum atomic E-state index is 12.2. The Balaban J connectivity index is 0.00000176. The van der Waals surface area contributed by atoms with Gasteiger partial charge in [-0.05, 0) is 37.5 Å². The average molecular weight is 345 g/mol. The summed E-state index contributed by atoms with van der Waals surface area (Å²) in [4.78, 5) is 12.2. The van der Waals surface area contributed by atoms with E-state index in [-0.39, 0.29) is 18.3 Å². The molecule has 5 nitrogen and oxygen atoms in total. The van der Waals surface area contributed by atoms with E-state index < -0.39 is 0 Å². The van der Waals surface area contributed by atoms with Crippen molar-refractivity contribution in [3.05, 3.63) is 5.01 Å². The average Bonchev–Trinajstić information content (AvgIpc) is 2.95. The molecule has 1 aromatic rings. The highest BCUT2D eigenvalue weighted by Gasteiger charge is 2.34. The predicted octanol–water partition coefficient (Wildman–Crippen LogP) is 3.02. The van der Waals surface area contributed by atoms with E-state index in [9.17, 15) is 4.79 Å². The van der Waals surface area contributed by atoms with Crippen molar-refractivity contribution in [2.24, 2.45) is 11.8 Å². The molecule has 2 unspecified atom stereocenters. The first kappa shape index (κ1) is 17.6. The zero-order valence-corrected chi connectivity index (χ0v) is 14.8. The van der Waals surface area contributed by atoms with Crippen molar-refractivity contribution in [1.82, 2.24) is 15.5 Å². The van der Waals surface area contributed by atoms with Crippen LogP contribution in [0.3, 0.4) is 0 Å². The first-order chi connectivity index (χ1) is 10.1. The zero-order chi connectivity index (χ0) is 14.8. The van der Waals surface area contributed by atoms with Gasteiger partial charge < -0.3 is 10.6 Å². The Hall–Kier alpha value is -0.720. The largest absolute Gasteiger partial charge is 0.311 e. The van der Waals surface area contributed by atoms with E-state index in [1.807, 2.05) is 0 Å². The Morgan fingerprint density at radius 3 is 2.64 bits per heavy atom. The van der Waals surface area contributed by atoms with Crippen LogP contribution in [0.2, 0.25) is 0 Å². The molecule has 1 amide bonds. The molecule has 2 fully saturated rings. The minimum Gasteiger partial charge on any atom is -0.311 e. The van der Waals surface area contributed by atoms with Gasteiger partial charge in [-0.2, -0.15) is 0 Å². The Morgan fingerprint density at radius 2 is 2.00 bits per heavy atom. The van der Waals surface area contributed by atoms with Gasteiger partial charge in [0.05, 0.1) is 0 Å². The number of aromatic nitrogens is 2. The van der Waals surface area contributed by atoms with Crippen molar-refractivity contribution in [3.8, 4) is 0 Å². The molecular weight excluding hydrogens is 320 g/mol. The number of amides is 1. The van der Waals surface area contributed by atoms with E-state index in [1.54, 1.807) is 0 Å². The van der Waals surface area contributed by atoms with Crippen LogP contribution in [-0.4, -0.2) is 28.2 Å². The number of hydrogen-bond acceptors (Lipinski definition) is 5. The van der Waals surface area contributed by atoms with Crippen LogP contribution < -0.4 is 10.6 Å². The van der Waals surface area contributed by atoms with Gasteiger partial charge in [0.15, 0.2) is 0 Å². The van der Waals surface area contributed by atoms with E-state index >= 15 is 0 Å². The fourth-order valence-corrected chi connectivity index (χ4v) is 4.48. The van der Waals surface area contributed by atoms with Crippen LogP contribution in [0.15, 0.2) is 0 Å². The number of carbonyl (C=O) groups excluding carboxylic acids is 1. The van der Waals surface area contributed by atoms with Crippen molar-refractivity contribution < 1.29 is 4.79 Å². The number of halogens is 1. The smallest absolute Gasteiger partial charge is 0.226 e. The van der Waals surface area contributed by atoms with Crippen molar-refractivity contribution in [2.75, 3.05) is 5.32 Å². The monoisotopic (exact) mass is 344 g/mol. The summed E-state index contributed by atoms with van der Waals surface area (Å²) in [7, 11) is 0. The van der Waals surface area contributed by atoms with Gasteiger partial charge in [-0.1, -0.05) is 25.2 Å². The number of carbonyl (C=O) groups is 1. The molecule has 22 heavy (non-hydrogen) atoms. The second-order valence-electron chi connectivity index (χ2n) is 6.83. The maximum absolute atomic E-state index is 12.2. The Labute approximate surface area is 142 Å². The van der Waals surface area contributed by atoms with E-state index in [0.717, 1.165) is 24.3 Å². The van der Waals surface area contributed by atoms with Gasteiger partial charge in [0.1, 0.15) is 5.01 Å². The van der Waals surface area contributed by atoms with E-state index in [1.165, 1.54) is 24.2 Å². The Bertz CT molecular complexity index is 495. The number of nitrogens with one attached hydrogen (secondary N) is 2. The molecule has 124 valence electrons. The third-order valence-electron chi connectivity index (χ3n) is 4.34. The fraction of sp³-hybridized carbons (Fsp3) is 0.800. The molecule has 2 saturated heterocycles. The molecule has 0 aromatic carbocycles. The van der Waals surface area contributed by atoms with E-state index in [2.05, 4.69) is 34.7 Å². The highest BCUT2D eigenvalue weighted by atomic mass is 35.5. The van der Waals surface area contributed by atoms with Crippen LogP contribution >= 0.6 is 23.7 Å². The van der Waals surface area contributed by atoms with Gasteiger partial charge in [0, 0.05) is 24.9 Å². The molecule has 2 bridgehead atoms. The van der Waals surface area contributed by atoms with Crippen LogP contribution in [0.5, 0.6) is 0 Å². The number of fused-ring (bicyclic) bond motifs is 2. The predicted molar refractivity (Wildman–Crippen MR) is 91.6 cm³/mol. The summed E-state index contributed by atoms with van der Waals surface area (Å²) in [5.74, 6) is 1.17. The Morgan fingerprint density at radius 1 is 1.32 bits per heavy atom. The van der Waals surface area contributed by atoms with Crippen LogP contribution in [0.25, 0.3) is 0 Å². The lowest BCUT2D eigenvalue weighted by atomic mass is 9.89. The van der Waals surface area contributed by atoms with Gasteiger partial charge >= 0.3 is 0 Å². The van der Waals surface area contributed by atoms with Crippen molar-refractivity contribution in [2.45, 2.75) is 64.5 Å². The summed E-state index contributed by atoms with van der Waals surface area (Å²) >= 11 is 1.50. The molecule has 2 N–H and O–H groups in total. The lowest BCUT2D eigenvalue weighted by Crippen LogP contribution is -2.39. The van der Waals surface area contributed by atoms with Gasteiger partial charge in [-0.25, -0.2) is 0 Å². The molecule has 0 spiro atoms. The zero-order valence-electron chi connectivity index (χ0n) is 13.2. The molecule has 0 saturated carbocycles. The quantitative estimate of drug-likeness (QED) is 0.861. The third kappa shape index (κ3) is 4.64. The summed E-state index contributed by atoms with van der Waals surface area (Å²) in [6.07, 6.45) is 6.37. The number of anilines is 1. The third-order valence-corrected chi connectivity index (χ3v) is 5.20. The van der Waals surface area contributed by atoms with E-state index in [0.29, 0.717) is 35.5 Å². The number of piperidine rings is 1. The molecule has 3 heterocycles. The van der Waals surface area contributed by atoms with Gasteiger partial charge in [-0.3, -0.25) is 4.79 Å². The minimum absolute atomic E-state index is 0. The first-order valence-corrected chi connectivity index (χ1v) is 8.78. The standard InChI is InChI=1S/C15H24N4OS.ClH/c1-9(2)5-14-18-19-15(21-14)17-13(20)8-10-6-11-3-4-12(7-10)16-11;/h9-12,16H,3-8H2,1-2H3,(H,17,19,20);1H. The molecule has 2 aliphatic heterocycles. The van der Waals surface area contributed by atoms with Crippen LogP contribution in [0, 0.1) is 11.8 Å². The van der Waals surface area contributed by atoms with Crippen LogP contribution in [0.1, 0.15) is 51.0 Å². The SMILES string of the molecule is CC(C)Cc1nnc(NC(=O)CC2CC3CCC(C2)N3)s1.Cl. The second-order valence-corrected chi connectivity index (χ2v) is 7.89. The maximum Gasteiger partial charge on any atom is 0.226 e. The molecule has 0 aliphatic carbocycles. The van der Waals surface area contributed by atoms with Crippen LogP contribution in [-0.2, 0) is 11.2 Å². The van der Waals surface area contributed by atoms with Crippen molar-refractivity contribution in [3.63, 3.8) is 0 Å². The Kier molecular flexibility index (Phi) is 6.17. The molecule has 3 rings (SSSR count). The van der Waals surface area contributed by atoms with Crippen LogP contribution in [0.4, 0.5) is 5.13 Å². The van der Waals surface area contributed by atoms with Crippen molar-refractivity contribution in [1.29, 1.82) is 0 Å². The highest BCUT2D eigenvalue weighted by Crippen LogP contribution is 2.32. The summed E-state index contributed by atoms with van der Waals surface area (Å²) in [6.45, 7) is 4.32. The molecular formula is C15H25ClN4OS. The van der Waals surface area contributed by atoms with Gasteiger partial charge in [0.25, 0.3) is 0 Å². The topological polar surface area (TPSA) is 66.9 Å². The number of hydrogen-bond donors (Lipinski definition) is 2. The highest BCUT2D eigenvalue weighted by molar-refractivity contribution is 7.15. The van der Waals surface area contributed by atoms with E-state index in [4.69, 9.17) is 0 Å². The summed E-state index contributed by atoms with van der Waals surface area (Å²) in [6, 6.07) is 1.28. The molecule has 2 atom stereocenters. The van der Waals surface area contributed by atoms with Gasteiger partial charge in [-0.15, -0.1) is 22.6 Å². The molecule has 1 aromatic heterocycles. The lowest BCUT2D eigenvalue weighted by Gasteiger charge is -2.28. The van der Waals surface area contributed by atoms with Crippen molar-refractivity contribution >= 4 is 34.8 Å². The van der Waals surface area contributed by atoms with Gasteiger partial charge in [0.2, 0.25) is 11.0 Å². The lowest BCUT2D eigenvalue weighted by molar-refractivity contribution is -0.117. The number of nitrogens with zero attached hydrogens (tertiary/aromatic N) is 2. The normalized spacial score (nSPS) is 26.8. The molecule has 2 aliphatic rings. The summed E-state index contributed by atoms with van der Waals surface area (Å²) in [5, 5.41) is 16.4. The molecule has 0 radical (unpaired) electrons. The first-order valence-electron chi connectivity index (χ1n) is 7.96. The number of rotatable bonds is 5. The second kappa shape index (κ2) is 7.70.